The zero-order chi connectivity index (χ0) is 20.8. The highest BCUT2D eigenvalue weighted by Gasteiger charge is 2.33. The Morgan fingerprint density at radius 1 is 0.933 bits per heavy atom. The van der Waals surface area contributed by atoms with Crippen LogP contribution in [0, 0.1) is 11.3 Å². The van der Waals surface area contributed by atoms with Crippen LogP contribution in [-0.4, -0.2) is 18.4 Å². The summed E-state index contributed by atoms with van der Waals surface area (Å²) in [5.74, 6) is 0.0911. The molecule has 1 saturated heterocycles. The zero-order valence-electron chi connectivity index (χ0n) is 16.7. The van der Waals surface area contributed by atoms with E-state index >= 15 is 0 Å². The molecule has 0 N–H and O–H groups in total. The normalized spacial score (nSPS) is 14.7. The highest BCUT2D eigenvalue weighted by Crippen LogP contribution is 2.35. The van der Waals surface area contributed by atoms with Crippen molar-refractivity contribution in [3.63, 3.8) is 0 Å². The largest absolute Gasteiger partial charge is 0.355 e. The van der Waals surface area contributed by atoms with Gasteiger partial charge in [-0.05, 0) is 24.6 Å². The van der Waals surface area contributed by atoms with Crippen LogP contribution < -0.4 is 0 Å². The third-order valence-electron chi connectivity index (χ3n) is 5.00. The molecule has 2 heterocycles. The van der Waals surface area contributed by atoms with Gasteiger partial charge >= 0.3 is 0 Å². The Balaban J connectivity index is 0.000000204. The summed E-state index contributed by atoms with van der Waals surface area (Å²) in [4.78, 5) is 0. The molecule has 30 heavy (non-hydrogen) atoms. The zero-order valence-corrected chi connectivity index (χ0v) is 16.7. The molecule has 0 atom stereocenters. The highest BCUT2D eigenvalue weighted by molar-refractivity contribution is 5.92. The molecule has 4 aromatic rings. The van der Waals surface area contributed by atoms with Gasteiger partial charge in [-0.1, -0.05) is 71.9 Å². The summed E-state index contributed by atoms with van der Waals surface area (Å²) >= 11 is 0. The van der Waals surface area contributed by atoms with Crippen LogP contribution in [0.25, 0.3) is 22.2 Å². The average molecular weight is 398 g/mol. The van der Waals surface area contributed by atoms with Gasteiger partial charge in [0, 0.05) is 11.1 Å². The van der Waals surface area contributed by atoms with Crippen molar-refractivity contribution in [2.24, 2.45) is 0 Å². The third kappa shape index (κ3) is 4.25. The Labute approximate surface area is 175 Å². The molecular formula is C25H22N2O3. The van der Waals surface area contributed by atoms with Gasteiger partial charge in [-0.25, -0.2) is 0 Å². The van der Waals surface area contributed by atoms with Crippen LogP contribution in [0.4, 0.5) is 0 Å². The lowest BCUT2D eigenvalue weighted by Crippen LogP contribution is -2.22. The van der Waals surface area contributed by atoms with E-state index in [1.165, 1.54) is 0 Å². The molecule has 0 bridgehead atoms. The molecule has 5 heteroatoms. The molecule has 1 aliphatic heterocycles. The van der Waals surface area contributed by atoms with Crippen molar-refractivity contribution in [1.29, 1.82) is 5.26 Å². The minimum atomic E-state index is -0.681. The minimum Gasteiger partial charge on any atom is -0.355 e. The van der Waals surface area contributed by atoms with E-state index < -0.39 is 5.79 Å². The molecule has 0 radical (unpaired) electrons. The van der Waals surface area contributed by atoms with Crippen molar-refractivity contribution in [2.45, 2.75) is 19.1 Å². The first-order valence-corrected chi connectivity index (χ1v) is 9.84. The van der Waals surface area contributed by atoms with Gasteiger partial charge in [0.2, 0.25) is 0 Å². The maximum atomic E-state index is 8.27. The van der Waals surface area contributed by atoms with Crippen LogP contribution >= 0.6 is 0 Å². The Bertz CT molecular complexity index is 1140. The number of nitriles is 1. The van der Waals surface area contributed by atoms with Crippen molar-refractivity contribution >= 4 is 10.9 Å². The summed E-state index contributed by atoms with van der Waals surface area (Å²) in [7, 11) is 0. The number of hydrogen-bond donors (Lipinski definition) is 0. The molecule has 0 aliphatic carbocycles. The Hall–Kier alpha value is -3.46. The number of benzene rings is 3. The van der Waals surface area contributed by atoms with Gasteiger partial charge in [0.05, 0.1) is 31.1 Å². The van der Waals surface area contributed by atoms with Gasteiger partial charge in [0.25, 0.3) is 0 Å². The van der Waals surface area contributed by atoms with Crippen LogP contribution in [0.2, 0.25) is 0 Å². The molecule has 0 spiro atoms. The van der Waals surface area contributed by atoms with Crippen LogP contribution in [-0.2, 0) is 21.7 Å². The van der Waals surface area contributed by atoms with Crippen LogP contribution in [0.5, 0.6) is 0 Å². The molecule has 1 aliphatic rings. The van der Waals surface area contributed by atoms with Crippen molar-refractivity contribution in [1.82, 2.24) is 5.16 Å². The Kier molecular flexibility index (Phi) is 5.89. The summed E-state index contributed by atoms with van der Waals surface area (Å²) in [6.45, 7) is 3.17. The second-order valence-electron chi connectivity index (χ2n) is 7.07. The molecule has 1 fully saturated rings. The fraction of sp³-hybridized carbons (Fsp3) is 0.200. The van der Waals surface area contributed by atoms with E-state index in [0.29, 0.717) is 19.6 Å². The second-order valence-corrected chi connectivity index (χ2v) is 7.07. The highest BCUT2D eigenvalue weighted by atomic mass is 16.7. The van der Waals surface area contributed by atoms with Crippen molar-refractivity contribution in [3.05, 3.63) is 90.0 Å². The smallest absolute Gasteiger partial charge is 0.192 e. The Morgan fingerprint density at radius 3 is 2.27 bits per heavy atom. The molecule has 5 nitrogen and oxygen atoms in total. The summed E-state index contributed by atoms with van der Waals surface area (Å²) in [6.07, 6.45) is 0.515. The Morgan fingerprint density at radius 2 is 1.60 bits per heavy atom. The molecule has 1 aromatic heterocycles. The van der Waals surface area contributed by atoms with Gasteiger partial charge < -0.3 is 14.0 Å². The van der Waals surface area contributed by atoms with E-state index in [1.807, 2.05) is 85.8 Å². The lowest BCUT2D eigenvalue weighted by Gasteiger charge is -2.22. The lowest BCUT2D eigenvalue weighted by atomic mass is 10.0. The molecule has 5 rings (SSSR count). The summed E-state index contributed by atoms with van der Waals surface area (Å²) in [5, 5.41) is 13.4. The van der Waals surface area contributed by atoms with E-state index in [2.05, 4.69) is 11.2 Å². The van der Waals surface area contributed by atoms with Gasteiger partial charge in [-0.3, -0.25) is 0 Å². The first-order chi connectivity index (χ1) is 14.7. The molecular weight excluding hydrogens is 376 g/mol. The number of hydrogen-bond acceptors (Lipinski definition) is 5. The first kappa shape index (κ1) is 19.8. The third-order valence-corrected chi connectivity index (χ3v) is 5.00. The standard InChI is InChI=1S/C17H15NO3.C8H7N/c1-17(19-9-10-20-17)13-7-8-15-14(11-13)16(21-18-15)12-5-3-2-4-6-12;9-7-6-8-4-2-1-3-5-8/h2-8,11H,9-10H2,1H3;1-5H,6H2. The first-order valence-electron chi connectivity index (χ1n) is 9.84. The van der Waals surface area contributed by atoms with E-state index in [4.69, 9.17) is 19.3 Å². The second kappa shape index (κ2) is 8.91. The molecule has 0 unspecified atom stereocenters. The van der Waals surface area contributed by atoms with E-state index in [-0.39, 0.29) is 0 Å². The SMILES string of the molecule is CC1(c2ccc3noc(-c4ccccc4)c3c2)OCCO1.N#CCc1ccccc1. The monoisotopic (exact) mass is 398 g/mol. The molecule has 3 aromatic carbocycles. The van der Waals surface area contributed by atoms with Gasteiger partial charge in [0.15, 0.2) is 11.5 Å². The maximum absolute atomic E-state index is 8.27. The molecule has 150 valence electrons. The number of rotatable bonds is 3. The van der Waals surface area contributed by atoms with Crippen LogP contribution in [0.15, 0.2) is 83.4 Å². The molecule has 0 amide bonds. The lowest BCUT2D eigenvalue weighted by molar-refractivity contribution is -0.149. The van der Waals surface area contributed by atoms with Gasteiger partial charge in [-0.15, -0.1) is 0 Å². The average Bonchev–Trinajstić information content (AvgIpc) is 3.42. The van der Waals surface area contributed by atoms with Crippen molar-refractivity contribution in [2.75, 3.05) is 13.2 Å². The summed E-state index contributed by atoms with van der Waals surface area (Å²) < 4.78 is 17.0. The summed E-state index contributed by atoms with van der Waals surface area (Å²) in [6, 6.07) is 27.7. The van der Waals surface area contributed by atoms with E-state index in [0.717, 1.165) is 33.4 Å². The predicted octanol–water partition coefficient (Wildman–Crippen LogP) is 5.47. The van der Waals surface area contributed by atoms with E-state index in [9.17, 15) is 0 Å². The predicted molar refractivity (Wildman–Crippen MR) is 114 cm³/mol. The van der Waals surface area contributed by atoms with Gasteiger partial charge in [-0.2, -0.15) is 5.26 Å². The van der Waals surface area contributed by atoms with Gasteiger partial charge in [0.1, 0.15) is 5.52 Å². The summed E-state index contributed by atoms with van der Waals surface area (Å²) in [5.41, 5.74) is 3.91. The number of fused-ring (bicyclic) bond motifs is 1. The maximum Gasteiger partial charge on any atom is 0.192 e. The van der Waals surface area contributed by atoms with Crippen molar-refractivity contribution < 1.29 is 14.0 Å². The fourth-order valence-electron chi connectivity index (χ4n) is 3.39. The van der Waals surface area contributed by atoms with Crippen LogP contribution in [0.3, 0.4) is 0 Å². The van der Waals surface area contributed by atoms with E-state index in [1.54, 1.807) is 0 Å². The van der Waals surface area contributed by atoms with Crippen LogP contribution in [0.1, 0.15) is 18.1 Å². The number of ether oxygens (including phenoxy) is 2. The number of nitrogens with zero attached hydrogens (tertiary/aromatic N) is 2. The number of aromatic nitrogens is 1. The molecule has 0 saturated carbocycles. The minimum absolute atomic E-state index is 0.515. The fourth-order valence-corrected chi connectivity index (χ4v) is 3.39. The topological polar surface area (TPSA) is 68.3 Å². The quantitative estimate of drug-likeness (QED) is 0.458. The van der Waals surface area contributed by atoms with Crippen molar-refractivity contribution in [3.8, 4) is 17.4 Å².